The minimum absolute atomic E-state index is 0.115. The van der Waals surface area contributed by atoms with Crippen LogP contribution in [0.1, 0.15) is 22.5 Å². The lowest BCUT2D eigenvalue weighted by molar-refractivity contribution is 0.0120. The van der Waals surface area contributed by atoms with Crippen molar-refractivity contribution in [3.05, 3.63) is 17.5 Å². The van der Waals surface area contributed by atoms with E-state index in [9.17, 15) is 13.6 Å². The van der Waals surface area contributed by atoms with Gasteiger partial charge in [-0.05, 0) is 0 Å². The molecule has 2 aliphatic rings. The smallest absolute Gasteiger partial charge is 0.267 e. The van der Waals surface area contributed by atoms with Crippen LogP contribution in [0.4, 0.5) is 8.78 Å². The fourth-order valence-electron chi connectivity index (χ4n) is 2.44. The van der Waals surface area contributed by atoms with Gasteiger partial charge in [0.2, 0.25) is 0 Å². The number of carbonyl (C=O) groups is 1. The van der Waals surface area contributed by atoms with Gasteiger partial charge in [-0.1, -0.05) is 0 Å². The average molecular weight is 256 g/mol. The van der Waals surface area contributed by atoms with Crippen molar-refractivity contribution in [3.63, 3.8) is 0 Å². The van der Waals surface area contributed by atoms with Gasteiger partial charge in [-0.15, -0.1) is 0 Å². The van der Waals surface area contributed by atoms with Gasteiger partial charge < -0.3 is 10.2 Å². The Morgan fingerprint density at radius 1 is 1.44 bits per heavy atom. The van der Waals surface area contributed by atoms with Gasteiger partial charge in [0.25, 0.3) is 11.8 Å². The number of fused-ring (bicyclic) bond motifs is 1. The van der Waals surface area contributed by atoms with Gasteiger partial charge in [-0.2, -0.15) is 5.10 Å². The zero-order valence-corrected chi connectivity index (χ0v) is 9.83. The molecule has 3 heterocycles. The van der Waals surface area contributed by atoms with Crippen LogP contribution in [-0.4, -0.2) is 46.1 Å². The Kier molecular flexibility index (Phi) is 2.58. The number of hydrogen-bond acceptors (Lipinski definition) is 3. The van der Waals surface area contributed by atoms with E-state index in [1.165, 1.54) is 11.1 Å². The molecule has 1 N–H and O–H groups in total. The third kappa shape index (κ3) is 1.88. The number of likely N-dealkylation sites (tertiary alicyclic amines) is 1. The number of rotatable bonds is 1. The molecule has 5 nitrogen and oxygen atoms in total. The van der Waals surface area contributed by atoms with E-state index >= 15 is 0 Å². The minimum Gasteiger partial charge on any atom is -0.332 e. The summed E-state index contributed by atoms with van der Waals surface area (Å²) in [4.78, 5) is 13.4. The number of aromatic nitrogens is 2. The van der Waals surface area contributed by atoms with Crippen LogP contribution in [0.15, 0.2) is 6.20 Å². The lowest BCUT2D eigenvalue weighted by atomic mass is 10.2. The van der Waals surface area contributed by atoms with Crippen LogP contribution in [0, 0.1) is 0 Å². The topological polar surface area (TPSA) is 50.2 Å². The molecule has 18 heavy (non-hydrogen) atoms. The lowest BCUT2D eigenvalue weighted by Gasteiger charge is -2.19. The molecule has 1 fully saturated rings. The summed E-state index contributed by atoms with van der Waals surface area (Å²) in [6.45, 7) is 1.71. The maximum absolute atomic E-state index is 13.1. The maximum atomic E-state index is 13.1. The molecule has 7 heteroatoms. The van der Waals surface area contributed by atoms with Gasteiger partial charge in [0.15, 0.2) is 0 Å². The van der Waals surface area contributed by atoms with Crippen molar-refractivity contribution in [3.8, 4) is 0 Å². The highest BCUT2D eigenvalue weighted by atomic mass is 19.3. The van der Waals surface area contributed by atoms with Gasteiger partial charge in [-0.25, -0.2) is 8.78 Å². The molecule has 1 saturated heterocycles. The van der Waals surface area contributed by atoms with Crippen LogP contribution >= 0.6 is 0 Å². The van der Waals surface area contributed by atoms with E-state index in [4.69, 9.17) is 0 Å². The van der Waals surface area contributed by atoms with Crippen LogP contribution in [0.2, 0.25) is 0 Å². The number of alkyl halides is 2. The average Bonchev–Trinajstić information content (AvgIpc) is 2.91. The standard InChI is InChI=1S/C11H14F2N4O/c12-11(13)1-3-16(7-11)10(18)8-5-15-17-4-2-14-6-9(8)17/h5,14H,1-4,6-7H2. The zero-order chi connectivity index (χ0) is 12.8. The third-order valence-electron chi connectivity index (χ3n) is 3.43. The minimum atomic E-state index is -2.75. The zero-order valence-electron chi connectivity index (χ0n) is 9.83. The highest BCUT2D eigenvalue weighted by Crippen LogP contribution is 2.28. The summed E-state index contributed by atoms with van der Waals surface area (Å²) in [5.41, 5.74) is 1.24. The second kappa shape index (κ2) is 4.01. The SMILES string of the molecule is O=C(c1cnn2c1CNCC2)N1CCC(F)(F)C1. The molecule has 0 spiro atoms. The predicted molar refractivity (Wildman–Crippen MR) is 59.4 cm³/mol. The highest BCUT2D eigenvalue weighted by molar-refractivity contribution is 5.95. The first-order chi connectivity index (χ1) is 8.57. The molecule has 0 radical (unpaired) electrons. The molecule has 0 bridgehead atoms. The summed E-state index contributed by atoms with van der Waals surface area (Å²) < 4.78 is 28.0. The fourth-order valence-corrected chi connectivity index (χ4v) is 2.44. The summed E-state index contributed by atoms with van der Waals surface area (Å²) in [5, 5.41) is 7.28. The molecule has 98 valence electrons. The Labute approximate surface area is 103 Å². The van der Waals surface area contributed by atoms with Crippen molar-refractivity contribution in [2.45, 2.75) is 25.4 Å². The van der Waals surface area contributed by atoms with Crippen LogP contribution in [-0.2, 0) is 13.1 Å². The summed E-state index contributed by atoms with van der Waals surface area (Å²) in [5.74, 6) is -3.08. The maximum Gasteiger partial charge on any atom is 0.267 e. The lowest BCUT2D eigenvalue weighted by Crippen LogP contribution is -2.34. The van der Waals surface area contributed by atoms with Crippen LogP contribution in [0.5, 0.6) is 0 Å². The van der Waals surface area contributed by atoms with Gasteiger partial charge in [-0.3, -0.25) is 9.48 Å². The van der Waals surface area contributed by atoms with Crippen molar-refractivity contribution in [1.29, 1.82) is 0 Å². The Bertz CT molecular complexity index is 485. The second-order valence-electron chi connectivity index (χ2n) is 4.74. The van der Waals surface area contributed by atoms with Crippen molar-refractivity contribution in [1.82, 2.24) is 20.0 Å². The first-order valence-corrected chi connectivity index (χ1v) is 5.99. The predicted octanol–water partition coefficient (Wildman–Crippen LogP) is 0.468. The van der Waals surface area contributed by atoms with E-state index in [-0.39, 0.29) is 18.9 Å². The second-order valence-corrected chi connectivity index (χ2v) is 4.74. The molecule has 3 rings (SSSR count). The largest absolute Gasteiger partial charge is 0.332 e. The molecular formula is C11H14F2N4O. The van der Waals surface area contributed by atoms with Gasteiger partial charge in [0, 0.05) is 26.1 Å². The van der Waals surface area contributed by atoms with Crippen molar-refractivity contribution in [2.75, 3.05) is 19.6 Å². The third-order valence-corrected chi connectivity index (χ3v) is 3.43. The van der Waals surface area contributed by atoms with E-state index in [1.54, 1.807) is 4.68 Å². The molecule has 1 amide bonds. The van der Waals surface area contributed by atoms with Crippen LogP contribution < -0.4 is 5.32 Å². The first kappa shape index (κ1) is 11.6. The Hall–Kier alpha value is -1.50. The van der Waals surface area contributed by atoms with Crippen LogP contribution in [0.3, 0.4) is 0 Å². The molecule has 1 aromatic rings. The van der Waals surface area contributed by atoms with Crippen molar-refractivity contribution in [2.24, 2.45) is 0 Å². The molecule has 0 aromatic carbocycles. The number of halogens is 2. The van der Waals surface area contributed by atoms with Crippen LogP contribution in [0.25, 0.3) is 0 Å². The van der Waals surface area contributed by atoms with E-state index in [0.29, 0.717) is 18.7 Å². The Morgan fingerprint density at radius 2 is 2.28 bits per heavy atom. The number of nitrogens with zero attached hydrogens (tertiary/aromatic N) is 3. The van der Waals surface area contributed by atoms with Gasteiger partial charge >= 0.3 is 0 Å². The van der Waals surface area contributed by atoms with E-state index in [1.807, 2.05) is 0 Å². The van der Waals surface area contributed by atoms with E-state index < -0.39 is 12.5 Å². The van der Waals surface area contributed by atoms with E-state index in [2.05, 4.69) is 10.4 Å². The fraction of sp³-hybridized carbons (Fsp3) is 0.636. The first-order valence-electron chi connectivity index (χ1n) is 5.99. The number of hydrogen-bond donors (Lipinski definition) is 1. The monoisotopic (exact) mass is 256 g/mol. The summed E-state index contributed by atoms with van der Waals surface area (Å²) in [6, 6.07) is 0. The van der Waals surface area contributed by atoms with E-state index in [0.717, 1.165) is 12.2 Å². The number of amides is 1. The van der Waals surface area contributed by atoms with Crippen molar-refractivity contribution < 1.29 is 13.6 Å². The number of carbonyl (C=O) groups excluding carboxylic acids is 1. The van der Waals surface area contributed by atoms with Crippen molar-refractivity contribution >= 4 is 5.91 Å². The summed E-state index contributed by atoms with van der Waals surface area (Å²) in [6.07, 6.45) is 1.24. The molecule has 0 aliphatic carbocycles. The Morgan fingerprint density at radius 3 is 3.00 bits per heavy atom. The van der Waals surface area contributed by atoms with Gasteiger partial charge in [0.1, 0.15) is 0 Å². The molecule has 2 aliphatic heterocycles. The molecule has 1 aromatic heterocycles. The molecule has 0 saturated carbocycles. The van der Waals surface area contributed by atoms with Gasteiger partial charge in [0.05, 0.1) is 30.5 Å². The normalized spacial score (nSPS) is 22.0. The summed E-state index contributed by atoms with van der Waals surface area (Å²) in [7, 11) is 0. The summed E-state index contributed by atoms with van der Waals surface area (Å²) >= 11 is 0. The molecular weight excluding hydrogens is 242 g/mol. The quantitative estimate of drug-likeness (QED) is 0.794. The molecule has 0 unspecified atom stereocenters. The molecule has 0 atom stereocenters. The Balaban J connectivity index is 1.83. The number of nitrogens with one attached hydrogen (secondary N) is 1. The highest BCUT2D eigenvalue weighted by Gasteiger charge is 2.41.